The molecule has 110 valence electrons. The first-order valence-electron chi connectivity index (χ1n) is 7.35. The number of aryl methyl sites for hydroxylation is 2. The van der Waals surface area contributed by atoms with E-state index in [1.54, 1.807) is 0 Å². The maximum atomic E-state index is 12.2. The first kappa shape index (κ1) is 13.8. The van der Waals surface area contributed by atoms with E-state index in [-0.39, 0.29) is 5.91 Å². The minimum absolute atomic E-state index is 0.0528. The maximum Gasteiger partial charge on any atom is 0.279 e. The molecular weight excluding hydrogens is 264 g/mol. The number of hydrogen-bond acceptors (Lipinski definition) is 2. The Morgan fingerprint density at radius 3 is 2.81 bits per heavy atom. The fourth-order valence-corrected chi connectivity index (χ4v) is 2.94. The van der Waals surface area contributed by atoms with E-state index in [0.29, 0.717) is 6.54 Å². The summed E-state index contributed by atoms with van der Waals surface area (Å²) in [6, 6.07) is 8.50. The van der Waals surface area contributed by atoms with Crippen LogP contribution in [0.25, 0.3) is 0 Å². The van der Waals surface area contributed by atoms with E-state index in [0.717, 1.165) is 36.6 Å². The van der Waals surface area contributed by atoms with Gasteiger partial charge in [0.05, 0.1) is 23.6 Å². The fraction of sp³-hybridized carbons (Fsp3) is 0.375. The number of rotatable bonds is 3. The molecule has 1 aliphatic heterocycles. The molecule has 5 nitrogen and oxygen atoms in total. The summed E-state index contributed by atoms with van der Waals surface area (Å²) in [4.78, 5) is 13.5. The number of fused-ring (bicyclic) bond motifs is 1. The fourth-order valence-electron chi connectivity index (χ4n) is 2.94. The van der Waals surface area contributed by atoms with Gasteiger partial charge in [0, 0.05) is 12.0 Å². The summed E-state index contributed by atoms with van der Waals surface area (Å²) >= 11 is 0. The van der Waals surface area contributed by atoms with Gasteiger partial charge >= 0.3 is 0 Å². The molecule has 1 unspecified atom stereocenters. The second-order valence-electron chi connectivity index (χ2n) is 5.73. The van der Waals surface area contributed by atoms with Crippen LogP contribution in [0.1, 0.15) is 22.5 Å². The molecule has 1 aromatic heterocycles. The monoisotopic (exact) mass is 285 g/mol. The van der Waals surface area contributed by atoms with E-state index in [2.05, 4.69) is 39.8 Å². The lowest BCUT2D eigenvalue weighted by molar-refractivity contribution is -0.907. The molecule has 0 radical (unpaired) electrons. The van der Waals surface area contributed by atoms with Crippen LogP contribution in [0.4, 0.5) is 5.69 Å². The highest BCUT2D eigenvalue weighted by atomic mass is 16.2. The molecule has 0 saturated carbocycles. The molecule has 1 aromatic carbocycles. The van der Waals surface area contributed by atoms with Crippen LogP contribution in [0.15, 0.2) is 24.3 Å². The standard InChI is InChI=1S/C16H20N4O/c1-11-16(12(2)19-18-11)17-15(21)10-20-8-7-13-5-3-4-6-14(13)9-20/h3-6H,7-10H2,1-2H3,(H,17,21)(H,18,19)/p+1. The SMILES string of the molecule is Cc1n[nH]c(C)c1NC(=O)C[NH+]1CCc2ccccc2C1. The summed E-state index contributed by atoms with van der Waals surface area (Å²) in [5.74, 6) is 0.0528. The smallest absolute Gasteiger partial charge is 0.279 e. The van der Waals surface area contributed by atoms with E-state index in [4.69, 9.17) is 0 Å². The van der Waals surface area contributed by atoms with E-state index >= 15 is 0 Å². The Labute approximate surface area is 124 Å². The highest BCUT2D eigenvalue weighted by Crippen LogP contribution is 2.15. The zero-order valence-electron chi connectivity index (χ0n) is 12.5. The quantitative estimate of drug-likeness (QED) is 0.773. The molecule has 3 rings (SSSR count). The van der Waals surface area contributed by atoms with Gasteiger partial charge in [-0.2, -0.15) is 5.10 Å². The van der Waals surface area contributed by atoms with Gasteiger partial charge in [0.2, 0.25) is 0 Å². The Hall–Kier alpha value is -2.14. The average molecular weight is 285 g/mol. The van der Waals surface area contributed by atoms with Crippen LogP contribution in [-0.2, 0) is 17.8 Å². The van der Waals surface area contributed by atoms with Crippen LogP contribution in [-0.4, -0.2) is 29.2 Å². The number of benzene rings is 1. The molecule has 2 heterocycles. The largest absolute Gasteiger partial charge is 0.323 e. The predicted molar refractivity (Wildman–Crippen MR) is 81.2 cm³/mol. The summed E-state index contributed by atoms with van der Waals surface area (Å²) in [5, 5.41) is 9.96. The van der Waals surface area contributed by atoms with Gasteiger partial charge in [0.15, 0.2) is 6.54 Å². The van der Waals surface area contributed by atoms with Crippen molar-refractivity contribution < 1.29 is 9.69 Å². The van der Waals surface area contributed by atoms with Gasteiger partial charge in [0.1, 0.15) is 6.54 Å². The number of quaternary nitrogens is 1. The van der Waals surface area contributed by atoms with Gasteiger partial charge in [-0.3, -0.25) is 9.89 Å². The molecular formula is C16H21N4O+. The molecule has 2 aromatic rings. The normalized spacial score (nSPS) is 17.3. The van der Waals surface area contributed by atoms with Crippen molar-refractivity contribution in [1.82, 2.24) is 10.2 Å². The van der Waals surface area contributed by atoms with Gasteiger partial charge in [-0.05, 0) is 19.4 Å². The summed E-state index contributed by atoms with van der Waals surface area (Å²) in [7, 11) is 0. The second kappa shape index (κ2) is 5.69. The lowest BCUT2D eigenvalue weighted by Gasteiger charge is -2.25. The van der Waals surface area contributed by atoms with Crippen LogP contribution in [0, 0.1) is 13.8 Å². The molecule has 0 fully saturated rings. The lowest BCUT2D eigenvalue weighted by atomic mass is 10.00. The number of nitrogens with one attached hydrogen (secondary N) is 3. The Balaban J connectivity index is 1.62. The van der Waals surface area contributed by atoms with Gasteiger partial charge in [0.25, 0.3) is 5.91 Å². The highest BCUT2D eigenvalue weighted by Gasteiger charge is 2.22. The van der Waals surface area contributed by atoms with E-state index < -0.39 is 0 Å². The van der Waals surface area contributed by atoms with Gasteiger partial charge < -0.3 is 10.2 Å². The number of aromatic nitrogens is 2. The number of hydrogen-bond donors (Lipinski definition) is 3. The summed E-state index contributed by atoms with van der Waals surface area (Å²) in [6.07, 6.45) is 1.04. The van der Waals surface area contributed by atoms with Gasteiger partial charge in [-0.1, -0.05) is 24.3 Å². The number of carbonyl (C=O) groups is 1. The Bertz CT molecular complexity index is 643. The zero-order valence-corrected chi connectivity index (χ0v) is 12.5. The Morgan fingerprint density at radius 1 is 1.33 bits per heavy atom. The van der Waals surface area contributed by atoms with Crippen molar-refractivity contribution in [2.45, 2.75) is 26.8 Å². The molecule has 0 spiro atoms. The number of H-pyrrole nitrogens is 1. The number of anilines is 1. The van der Waals surface area contributed by atoms with Crippen molar-refractivity contribution in [2.24, 2.45) is 0 Å². The van der Waals surface area contributed by atoms with Crippen molar-refractivity contribution in [2.75, 3.05) is 18.4 Å². The predicted octanol–water partition coefficient (Wildman–Crippen LogP) is 0.606. The zero-order chi connectivity index (χ0) is 14.8. The van der Waals surface area contributed by atoms with Crippen molar-refractivity contribution in [1.29, 1.82) is 0 Å². The number of nitrogens with zero attached hydrogens (tertiary/aromatic N) is 1. The van der Waals surface area contributed by atoms with E-state index in [1.165, 1.54) is 16.0 Å². The third kappa shape index (κ3) is 2.97. The van der Waals surface area contributed by atoms with E-state index in [9.17, 15) is 4.79 Å². The van der Waals surface area contributed by atoms with Crippen LogP contribution < -0.4 is 10.2 Å². The van der Waals surface area contributed by atoms with Crippen molar-refractivity contribution >= 4 is 11.6 Å². The molecule has 0 saturated heterocycles. The van der Waals surface area contributed by atoms with Crippen molar-refractivity contribution in [3.8, 4) is 0 Å². The van der Waals surface area contributed by atoms with Crippen LogP contribution >= 0.6 is 0 Å². The second-order valence-corrected chi connectivity index (χ2v) is 5.73. The molecule has 1 aliphatic rings. The first-order valence-corrected chi connectivity index (χ1v) is 7.35. The Morgan fingerprint density at radius 2 is 2.10 bits per heavy atom. The molecule has 0 bridgehead atoms. The molecule has 21 heavy (non-hydrogen) atoms. The van der Waals surface area contributed by atoms with Crippen LogP contribution in [0.2, 0.25) is 0 Å². The minimum Gasteiger partial charge on any atom is -0.323 e. The van der Waals surface area contributed by atoms with E-state index in [1.807, 2.05) is 13.8 Å². The van der Waals surface area contributed by atoms with Crippen LogP contribution in [0.3, 0.4) is 0 Å². The number of aromatic amines is 1. The summed E-state index contributed by atoms with van der Waals surface area (Å²) in [6.45, 7) is 6.24. The van der Waals surface area contributed by atoms with Gasteiger partial charge in [-0.15, -0.1) is 0 Å². The lowest BCUT2D eigenvalue weighted by Crippen LogP contribution is -3.12. The minimum atomic E-state index is 0.0528. The highest BCUT2D eigenvalue weighted by molar-refractivity contribution is 5.92. The third-order valence-electron chi connectivity index (χ3n) is 4.11. The van der Waals surface area contributed by atoms with Crippen molar-refractivity contribution in [3.05, 3.63) is 46.8 Å². The van der Waals surface area contributed by atoms with Gasteiger partial charge in [-0.25, -0.2) is 0 Å². The molecule has 1 amide bonds. The molecule has 0 aliphatic carbocycles. The number of amides is 1. The topological polar surface area (TPSA) is 62.2 Å². The van der Waals surface area contributed by atoms with Crippen LogP contribution in [0.5, 0.6) is 0 Å². The maximum absolute atomic E-state index is 12.2. The Kier molecular flexibility index (Phi) is 3.75. The summed E-state index contributed by atoms with van der Waals surface area (Å²) < 4.78 is 0. The summed E-state index contributed by atoms with van der Waals surface area (Å²) in [5.41, 5.74) is 5.34. The first-order chi connectivity index (χ1) is 10.1. The van der Waals surface area contributed by atoms with Crippen molar-refractivity contribution in [3.63, 3.8) is 0 Å². The average Bonchev–Trinajstić information content (AvgIpc) is 2.79. The third-order valence-corrected chi connectivity index (χ3v) is 4.11. The molecule has 3 N–H and O–H groups in total. The number of carbonyl (C=O) groups excluding carboxylic acids is 1. The molecule has 1 atom stereocenters. The molecule has 5 heteroatoms.